The number of nitrogens with zero attached hydrogens (tertiary/aromatic N) is 4. The summed E-state index contributed by atoms with van der Waals surface area (Å²) in [6.45, 7) is 2.61. The SMILES string of the molecule is CN(C)c1ncc2c(n1)CCC[C@H]2NC(=O)CN1CCCCC1. The highest BCUT2D eigenvalue weighted by Crippen LogP contribution is 2.28. The average molecular weight is 317 g/mol. The first-order chi connectivity index (χ1) is 11.1. The molecule has 1 amide bonds. The number of likely N-dealkylation sites (tertiary alicyclic amines) is 1. The fraction of sp³-hybridized carbons (Fsp3) is 0.706. The molecule has 0 radical (unpaired) electrons. The summed E-state index contributed by atoms with van der Waals surface area (Å²) in [4.78, 5) is 25.6. The monoisotopic (exact) mass is 317 g/mol. The number of amides is 1. The average Bonchev–Trinajstić information content (AvgIpc) is 2.55. The van der Waals surface area contributed by atoms with Crippen LogP contribution in [-0.4, -0.2) is 54.5 Å². The molecule has 2 aliphatic rings. The van der Waals surface area contributed by atoms with E-state index in [-0.39, 0.29) is 11.9 Å². The summed E-state index contributed by atoms with van der Waals surface area (Å²) in [5, 5.41) is 3.20. The number of aryl methyl sites for hydroxylation is 1. The number of aromatic nitrogens is 2. The van der Waals surface area contributed by atoms with Crippen molar-refractivity contribution in [1.29, 1.82) is 0 Å². The maximum Gasteiger partial charge on any atom is 0.234 e. The molecular formula is C17H27N5O. The predicted molar refractivity (Wildman–Crippen MR) is 90.5 cm³/mol. The number of piperidine rings is 1. The van der Waals surface area contributed by atoms with Crippen LogP contribution in [0, 0.1) is 0 Å². The topological polar surface area (TPSA) is 61.4 Å². The van der Waals surface area contributed by atoms with Crippen molar-refractivity contribution in [3.63, 3.8) is 0 Å². The number of fused-ring (bicyclic) bond motifs is 1. The van der Waals surface area contributed by atoms with Gasteiger partial charge in [-0.25, -0.2) is 9.97 Å². The fourth-order valence-electron chi connectivity index (χ4n) is 3.46. The summed E-state index contributed by atoms with van der Waals surface area (Å²) < 4.78 is 0. The molecule has 23 heavy (non-hydrogen) atoms. The van der Waals surface area contributed by atoms with Gasteiger partial charge in [0.25, 0.3) is 0 Å². The lowest BCUT2D eigenvalue weighted by molar-refractivity contribution is -0.123. The van der Waals surface area contributed by atoms with Crippen LogP contribution in [0.15, 0.2) is 6.20 Å². The highest BCUT2D eigenvalue weighted by molar-refractivity contribution is 5.78. The van der Waals surface area contributed by atoms with E-state index >= 15 is 0 Å². The van der Waals surface area contributed by atoms with Crippen molar-refractivity contribution >= 4 is 11.9 Å². The molecule has 1 fully saturated rings. The second-order valence-electron chi connectivity index (χ2n) is 6.82. The van der Waals surface area contributed by atoms with Crippen molar-refractivity contribution in [3.05, 3.63) is 17.5 Å². The van der Waals surface area contributed by atoms with Crippen molar-refractivity contribution in [2.75, 3.05) is 38.6 Å². The van der Waals surface area contributed by atoms with Crippen molar-refractivity contribution in [2.24, 2.45) is 0 Å². The summed E-state index contributed by atoms with van der Waals surface area (Å²) in [5.74, 6) is 0.866. The summed E-state index contributed by atoms with van der Waals surface area (Å²) in [6, 6.07) is 0.0623. The van der Waals surface area contributed by atoms with Crippen molar-refractivity contribution < 1.29 is 4.79 Å². The van der Waals surface area contributed by atoms with E-state index in [1.165, 1.54) is 19.3 Å². The molecule has 2 heterocycles. The summed E-state index contributed by atoms with van der Waals surface area (Å²) in [5.41, 5.74) is 2.17. The first kappa shape index (κ1) is 16.2. The second-order valence-corrected chi connectivity index (χ2v) is 6.82. The molecule has 1 atom stereocenters. The molecule has 126 valence electrons. The first-order valence-electron chi connectivity index (χ1n) is 8.68. The van der Waals surface area contributed by atoms with Gasteiger partial charge < -0.3 is 10.2 Å². The number of nitrogens with one attached hydrogen (secondary N) is 1. The van der Waals surface area contributed by atoms with Crippen molar-refractivity contribution in [3.8, 4) is 0 Å². The third-order valence-corrected chi connectivity index (χ3v) is 4.72. The van der Waals surface area contributed by atoms with Crippen molar-refractivity contribution in [2.45, 2.75) is 44.6 Å². The molecule has 6 heteroatoms. The van der Waals surface area contributed by atoms with Crippen LogP contribution in [0.3, 0.4) is 0 Å². The third-order valence-electron chi connectivity index (χ3n) is 4.72. The lowest BCUT2D eigenvalue weighted by atomic mass is 9.92. The van der Waals surface area contributed by atoms with Gasteiger partial charge in [-0.2, -0.15) is 0 Å². The van der Waals surface area contributed by atoms with Crippen LogP contribution in [0.4, 0.5) is 5.95 Å². The van der Waals surface area contributed by atoms with Gasteiger partial charge in [0.2, 0.25) is 11.9 Å². The Kier molecular flexibility index (Phi) is 5.10. The molecule has 0 saturated carbocycles. The van der Waals surface area contributed by atoms with E-state index in [2.05, 4.69) is 20.2 Å². The quantitative estimate of drug-likeness (QED) is 0.912. The minimum atomic E-state index is 0.0623. The Balaban J connectivity index is 1.64. The fourth-order valence-corrected chi connectivity index (χ4v) is 3.46. The minimum Gasteiger partial charge on any atom is -0.348 e. The molecule has 0 spiro atoms. The second kappa shape index (κ2) is 7.25. The smallest absolute Gasteiger partial charge is 0.234 e. The van der Waals surface area contributed by atoms with Gasteiger partial charge in [-0.15, -0.1) is 0 Å². The van der Waals surface area contributed by atoms with Gasteiger partial charge in [0.1, 0.15) is 0 Å². The molecule has 1 aliphatic carbocycles. The van der Waals surface area contributed by atoms with E-state index in [0.717, 1.165) is 49.6 Å². The highest BCUT2D eigenvalue weighted by Gasteiger charge is 2.25. The number of hydrogen-bond donors (Lipinski definition) is 1. The van der Waals surface area contributed by atoms with Gasteiger partial charge in [-0.1, -0.05) is 6.42 Å². The molecule has 1 saturated heterocycles. The zero-order valence-electron chi connectivity index (χ0n) is 14.2. The van der Waals surface area contributed by atoms with Crippen LogP contribution in [0.2, 0.25) is 0 Å². The molecule has 0 bridgehead atoms. The van der Waals surface area contributed by atoms with Crippen LogP contribution in [0.25, 0.3) is 0 Å². The highest BCUT2D eigenvalue weighted by atomic mass is 16.2. The third kappa shape index (κ3) is 3.99. The van der Waals surface area contributed by atoms with Gasteiger partial charge in [-0.3, -0.25) is 9.69 Å². The Morgan fingerprint density at radius 2 is 2.09 bits per heavy atom. The van der Waals surface area contributed by atoms with E-state index in [4.69, 9.17) is 0 Å². The number of anilines is 1. The maximum absolute atomic E-state index is 12.4. The van der Waals surface area contributed by atoms with Gasteiger partial charge in [-0.05, 0) is 45.2 Å². The largest absolute Gasteiger partial charge is 0.348 e. The van der Waals surface area contributed by atoms with Gasteiger partial charge >= 0.3 is 0 Å². The van der Waals surface area contributed by atoms with Gasteiger partial charge in [0.05, 0.1) is 18.3 Å². The van der Waals surface area contributed by atoms with E-state index in [1.807, 2.05) is 25.2 Å². The molecule has 0 aromatic carbocycles. The Morgan fingerprint density at radius 3 is 2.83 bits per heavy atom. The zero-order chi connectivity index (χ0) is 16.2. The summed E-state index contributed by atoms with van der Waals surface area (Å²) in [7, 11) is 3.89. The van der Waals surface area contributed by atoms with E-state index in [0.29, 0.717) is 6.54 Å². The van der Waals surface area contributed by atoms with Gasteiger partial charge in [0.15, 0.2) is 0 Å². The first-order valence-corrected chi connectivity index (χ1v) is 8.68. The molecule has 6 nitrogen and oxygen atoms in total. The molecular weight excluding hydrogens is 290 g/mol. The van der Waals surface area contributed by atoms with E-state index in [9.17, 15) is 4.79 Å². The lowest BCUT2D eigenvalue weighted by Gasteiger charge is -2.29. The maximum atomic E-state index is 12.4. The zero-order valence-corrected chi connectivity index (χ0v) is 14.2. The molecule has 3 rings (SSSR count). The number of carbonyl (C=O) groups is 1. The Morgan fingerprint density at radius 1 is 1.30 bits per heavy atom. The molecule has 1 aliphatic heterocycles. The van der Waals surface area contributed by atoms with Crippen LogP contribution in [0.5, 0.6) is 0 Å². The van der Waals surface area contributed by atoms with E-state index < -0.39 is 0 Å². The standard InChI is InChI=1S/C17H27N5O/c1-21(2)17-18-11-13-14(7-6-8-15(13)20-17)19-16(23)12-22-9-4-3-5-10-22/h11,14H,3-10,12H2,1-2H3,(H,19,23)/t14-/m1/s1. The molecule has 0 unspecified atom stereocenters. The van der Waals surface area contributed by atoms with Crippen LogP contribution in [-0.2, 0) is 11.2 Å². The molecule has 1 aromatic heterocycles. The lowest BCUT2D eigenvalue weighted by Crippen LogP contribution is -2.41. The number of hydrogen-bond acceptors (Lipinski definition) is 5. The predicted octanol–water partition coefficient (Wildman–Crippen LogP) is 1.52. The Bertz CT molecular complexity index is 554. The number of rotatable bonds is 4. The normalized spacial score (nSPS) is 21.6. The summed E-state index contributed by atoms with van der Waals surface area (Å²) >= 11 is 0. The van der Waals surface area contributed by atoms with Crippen LogP contribution in [0.1, 0.15) is 49.4 Å². The molecule has 1 N–H and O–H groups in total. The van der Waals surface area contributed by atoms with Crippen LogP contribution < -0.4 is 10.2 Å². The van der Waals surface area contributed by atoms with E-state index in [1.54, 1.807) is 0 Å². The van der Waals surface area contributed by atoms with Crippen molar-refractivity contribution in [1.82, 2.24) is 20.2 Å². The Hall–Kier alpha value is -1.69. The number of carbonyl (C=O) groups excluding carboxylic acids is 1. The molecule has 1 aromatic rings. The summed E-state index contributed by atoms with van der Waals surface area (Å²) in [6.07, 6.45) is 8.61. The van der Waals surface area contributed by atoms with Gasteiger partial charge in [0, 0.05) is 25.9 Å². The van der Waals surface area contributed by atoms with Crippen LogP contribution >= 0.6 is 0 Å². The minimum absolute atomic E-state index is 0.0623. The Labute approximate surface area is 138 Å².